The zero-order valence-corrected chi connectivity index (χ0v) is 18.0. The number of hydrogen-bond donors (Lipinski definition) is 2. The zero-order valence-electron chi connectivity index (χ0n) is 17.2. The first-order valence-corrected chi connectivity index (χ1v) is 10.8. The lowest BCUT2D eigenvalue weighted by atomic mass is 9.72. The lowest BCUT2D eigenvalue weighted by Crippen LogP contribution is -2.27. The standard InChI is InChI=1S/C23H24N2O4S/c1-23(2,3)13-8-9-15-17(11-13)30-21(18(15)19(24)26)25-20(27)16-10-12-6-4-5-7-14(12)22(28)29-16/h4-7,10,13H,8-9,11H2,1-3H3,(H2,24,26)(H,25,27)/t13-/m1/s1. The first-order chi connectivity index (χ1) is 14.1. The average molecular weight is 425 g/mol. The van der Waals surface area contributed by atoms with E-state index in [1.54, 1.807) is 24.3 Å². The van der Waals surface area contributed by atoms with Crippen molar-refractivity contribution in [1.82, 2.24) is 0 Å². The Morgan fingerprint density at radius 2 is 1.97 bits per heavy atom. The van der Waals surface area contributed by atoms with Crippen molar-refractivity contribution in [1.29, 1.82) is 0 Å². The molecule has 4 rings (SSSR count). The van der Waals surface area contributed by atoms with Gasteiger partial charge in [0.05, 0.1) is 10.9 Å². The van der Waals surface area contributed by atoms with Gasteiger partial charge in [0, 0.05) is 4.88 Å². The van der Waals surface area contributed by atoms with E-state index in [1.165, 1.54) is 17.4 Å². The topological polar surface area (TPSA) is 102 Å². The van der Waals surface area contributed by atoms with E-state index < -0.39 is 17.4 Å². The van der Waals surface area contributed by atoms with Gasteiger partial charge in [0.2, 0.25) is 0 Å². The van der Waals surface area contributed by atoms with Crippen LogP contribution in [0.1, 0.15) is 58.5 Å². The largest absolute Gasteiger partial charge is 0.417 e. The maximum atomic E-state index is 12.8. The number of primary amides is 1. The summed E-state index contributed by atoms with van der Waals surface area (Å²) >= 11 is 1.39. The van der Waals surface area contributed by atoms with Crippen LogP contribution < -0.4 is 16.7 Å². The van der Waals surface area contributed by atoms with Crippen LogP contribution in [0.2, 0.25) is 0 Å². The number of benzene rings is 1. The van der Waals surface area contributed by atoms with Crippen LogP contribution in [0.3, 0.4) is 0 Å². The van der Waals surface area contributed by atoms with Crippen LogP contribution in [0.5, 0.6) is 0 Å². The molecule has 0 unspecified atom stereocenters. The second-order valence-corrected chi connectivity index (χ2v) is 9.92. The molecule has 0 spiro atoms. The summed E-state index contributed by atoms with van der Waals surface area (Å²) in [6.07, 6.45) is 2.58. The van der Waals surface area contributed by atoms with Gasteiger partial charge in [-0.25, -0.2) is 4.79 Å². The maximum absolute atomic E-state index is 12.8. The first-order valence-electron chi connectivity index (χ1n) is 9.93. The zero-order chi connectivity index (χ0) is 21.6. The van der Waals surface area contributed by atoms with Crippen molar-refractivity contribution in [2.75, 3.05) is 5.32 Å². The van der Waals surface area contributed by atoms with Crippen LogP contribution in [0.25, 0.3) is 10.8 Å². The highest BCUT2D eigenvalue weighted by Gasteiger charge is 2.33. The van der Waals surface area contributed by atoms with E-state index in [0.717, 1.165) is 29.7 Å². The van der Waals surface area contributed by atoms with E-state index in [-0.39, 0.29) is 11.2 Å². The number of thiophene rings is 1. The summed E-state index contributed by atoms with van der Waals surface area (Å²) in [7, 11) is 0. The highest BCUT2D eigenvalue weighted by atomic mass is 32.1. The molecule has 0 saturated carbocycles. The fourth-order valence-corrected chi connectivity index (χ4v) is 5.41. The molecule has 30 heavy (non-hydrogen) atoms. The highest BCUT2D eigenvalue weighted by molar-refractivity contribution is 7.17. The Hall–Kier alpha value is -2.93. The minimum atomic E-state index is -0.577. The lowest BCUT2D eigenvalue weighted by Gasteiger charge is -2.33. The molecule has 0 saturated heterocycles. The third-order valence-corrected chi connectivity index (χ3v) is 7.03. The lowest BCUT2D eigenvalue weighted by molar-refractivity contribution is 0.0993. The van der Waals surface area contributed by atoms with E-state index in [0.29, 0.717) is 27.3 Å². The van der Waals surface area contributed by atoms with Crippen molar-refractivity contribution in [3.63, 3.8) is 0 Å². The van der Waals surface area contributed by atoms with Gasteiger partial charge in [-0.1, -0.05) is 39.0 Å². The second kappa shape index (κ2) is 7.40. The molecule has 0 aliphatic heterocycles. The Labute approximate surface area is 178 Å². The Morgan fingerprint density at radius 3 is 2.67 bits per heavy atom. The molecule has 156 valence electrons. The van der Waals surface area contributed by atoms with Gasteiger partial charge in [0.15, 0.2) is 5.76 Å². The Kier molecular flexibility index (Phi) is 5.02. The number of carbonyl (C=O) groups is 2. The summed E-state index contributed by atoms with van der Waals surface area (Å²) in [4.78, 5) is 38.3. The maximum Gasteiger partial charge on any atom is 0.344 e. The normalized spacial score (nSPS) is 16.3. The minimum Gasteiger partial charge on any atom is -0.417 e. The van der Waals surface area contributed by atoms with Gasteiger partial charge in [-0.05, 0) is 53.7 Å². The number of nitrogens with two attached hydrogens (primary N) is 1. The molecule has 2 heterocycles. The van der Waals surface area contributed by atoms with Gasteiger partial charge < -0.3 is 15.5 Å². The molecule has 3 N–H and O–H groups in total. The second-order valence-electron chi connectivity index (χ2n) is 8.82. The predicted octanol–water partition coefficient (Wildman–Crippen LogP) is 4.36. The smallest absolute Gasteiger partial charge is 0.344 e. The minimum absolute atomic E-state index is 0.104. The molecule has 0 fully saturated rings. The molecular weight excluding hydrogens is 400 g/mol. The fourth-order valence-electron chi connectivity index (χ4n) is 4.08. The van der Waals surface area contributed by atoms with Crippen molar-refractivity contribution in [3.8, 4) is 0 Å². The summed E-state index contributed by atoms with van der Waals surface area (Å²) in [5.74, 6) is -0.747. The summed E-state index contributed by atoms with van der Waals surface area (Å²) in [6.45, 7) is 6.65. The third-order valence-electron chi connectivity index (χ3n) is 5.86. The van der Waals surface area contributed by atoms with Crippen LogP contribution in [0, 0.1) is 11.3 Å². The van der Waals surface area contributed by atoms with E-state index in [4.69, 9.17) is 10.2 Å². The average Bonchev–Trinajstić information content (AvgIpc) is 3.04. The highest BCUT2D eigenvalue weighted by Crippen LogP contribution is 2.44. The monoisotopic (exact) mass is 424 g/mol. The Bertz CT molecular complexity index is 1220. The molecule has 2 aromatic heterocycles. The summed E-state index contributed by atoms with van der Waals surface area (Å²) in [5.41, 5.74) is 6.55. The molecule has 1 aliphatic rings. The van der Waals surface area contributed by atoms with Gasteiger partial charge in [-0.2, -0.15) is 0 Å². The van der Waals surface area contributed by atoms with Gasteiger partial charge in [-0.15, -0.1) is 11.3 Å². The number of rotatable bonds is 3. The Balaban J connectivity index is 1.68. The molecule has 6 nitrogen and oxygen atoms in total. The van der Waals surface area contributed by atoms with E-state index in [9.17, 15) is 14.4 Å². The summed E-state index contributed by atoms with van der Waals surface area (Å²) in [6, 6.07) is 8.44. The molecule has 3 aromatic rings. The molecule has 7 heteroatoms. The van der Waals surface area contributed by atoms with Crippen molar-refractivity contribution < 1.29 is 14.0 Å². The SMILES string of the molecule is CC(C)(C)[C@@H]1CCc2c(sc(NC(=O)c3cc4ccccc4c(=O)o3)c2C(N)=O)C1. The number of fused-ring (bicyclic) bond motifs is 2. The van der Waals surface area contributed by atoms with Gasteiger partial charge >= 0.3 is 5.63 Å². The van der Waals surface area contributed by atoms with Crippen molar-refractivity contribution in [2.24, 2.45) is 17.1 Å². The molecule has 1 atom stereocenters. The molecular formula is C23H24N2O4S. The molecule has 1 aromatic carbocycles. The van der Waals surface area contributed by atoms with Crippen LogP contribution in [0.15, 0.2) is 39.5 Å². The van der Waals surface area contributed by atoms with E-state index >= 15 is 0 Å². The predicted molar refractivity (Wildman–Crippen MR) is 118 cm³/mol. The molecule has 1 aliphatic carbocycles. The number of amides is 2. The van der Waals surface area contributed by atoms with Crippen LogP contribution in [-0.2, 0) is 12.8 Å². The number of nitrogens with one attached hydrogen (secondary N) is 1. The van der Waals surface area contributed by atoms with Gasteiger partial charge in [-0.3, -0.25) is 9.59 Å². The Morgan fingerprint density at radius 1 is 1.23 bits per heavy atom. The number of anilines is 1. The van der Waals surface area contributed by atoms with Gasteiger partial charge in [0.25, 0.3) is 11.8 Å². The van der Waals surface area contributed by atoms with Crippen LogP contribution >= 0.6 is 11.3 Å². The first kappa shape index (κ1) is 20.3. The van der Waals surface area contributed by atoms with E-state index in [2.05, 4.69) is 26.1 Å². The summed E-state index contributed by atoms with van der Waals surface area (Å²) in [5, 5.41) is 4.20. The quantitative estimate of drug-likeness (QED) is 0.652. The van der Waals surface area contributed by atoms with Crippen molar-refractivity contribution in [2.45, 2.75) is 40.0 Å². The fraction of sp³-hybridized carbons (Fsp3) is 0.348. The number of hydrogen-bond acceptors (Lipinski definition) is 5. The molecule has 2 amide bonds. The van der Waals surface area contributed by atoms with Gasteiger partial charge in [0.1, 0.15) is 5.00 Å². The van der Waals surface area contributed by atoms with Crippen molar-refractivity contribution in [3.05, 3.63) is 62.5 Å². The molecule has 0 radical (unpaired) electrons. The van der Waals surface area contributed by atoms with E-state index in [1.807, 2.05) is 0 Å². The third kappa shape index (κ3) is 3.65. The van der Waals surface area contributed by atoms with Crippen molar-refractivity contribution >= 4 is 38.9 Å². The molecule has 0 bridgehead atoms. The summed E-state index contributed by atoms with van der Waals surface area (Å²) < 4.78 is 5.21. The van der Waals surface area contributed by atoms with Crippen LogP contribution in [-0.4, -0.2) is 11.8 Å². The van der Waals surface area contributed by atoms with Crippen LogP contribution in [0.4, 0.5) is 5.00 Å². The number of carbonyl (C=O) groups excluding carboxylic acids is 2.